The fourth-order valence-electron chi connectivity index (χ4n) is 2.42. The van der Waals surface area contributed by atoms with Gasteiger partial charge in [-0.05, 0) is 67.1 Å². The summed E-state index contributed by atoms with van der Waals surface area (Å²) in [6.45, 7) is 4.12. The van der Waals surface area contributed by atoms with Crippen LogP contribution in [-0.4, -0.2) is 16.7 Å². The lowest BCUT2D eigenvalue weighted by Crippen LogP contribution is -2.17. The Hall–Kier alpha value is -2.66. The number of benzene rings is 1. The summed E-state index contributed by atoms with van der Waals surface area (Å²) in [5.41, 5.74) is 7.48. The van der Waals surface area contributed by atoms with Gasteiger partial charge in [-0.1, -0.05) is 0 Å². The maximum atomic E-state index is 12.1. The van der Waals surface area contributed by atoms with Crippen LogP contribution in [0.25, 0.3) is 5.69 Å². The van der Waals surface area contributed by atoms with Gasteiger partial charge in [0.1, 0.15) is 0 Å². The highest BCUT2D eigenvalue weighted by Gasteiger charge is 2.07. The zero-order chi connectivity index (χ0) is 16.2. The van der Waals surface area contributed by atoms with Gasteiger partial charge in [-0.15, -0.1) is 0 Å². The first-order chi connectivity index (χ1) is 11.1. The topological polar surface area (TPSA) is 46.4 Å². The third kappa shape index (κ3) is 3.40. The average Bonchev–Trinajstić information content (AvgIpc) is 3.18. The standard InChI is InChI=1S/C18H17N3OS/c1-13-3-4-14(2)21(13)17-7-5-16(6-8-17)18(22)20-19-11-15-9-10-23-12-15/h3-12H,1-2H3,(H,20,22)/b19-11+. The second kappa shape index (κ2) is 6.62. The Morgan fingerprint density at radius 1 is 1.09 bits per heavy atom. The van der Waals surface area contributed by atoms with Crippen molar-refractivity contribution >= 4 is 23.5 Å². The van der Waals surface area contributed by atoms with E-state index in [0.717, 1.165) is 11.3 Å². The number of thiophene rings is 1. The van der Waals surface area contributed by atoms with Crippen molar-refractivity contribution < 1.29 is 4.79 Å². The molecule has 0 atom stereocenters. The van der Waals surface area contributed by atoms with E-state index < -0.39 is 0 Å². The van der Waals surface area contributed by atoms with Crippen LogP contribution in [-0.2, 0) is 0 Å². The Labute approximate surface area is 139 Å². The van der Waals surface area contributed by atoms with E-state index in [1.807, 2.05) is 41.1 Å². The van der Waals surface area contributed by atoms with E-state index in [2.05, 4.69) is 41.1 Å². The summed E-state index contributed by atoms with van der Waals surface area (Å²) in [5.74, 6) is -0.219. The lowest BCUT2D eigenvalue weighted by molar-refractivity contribution is 0.0955. The molecule has 3 rings (SSSR count). The van der Waals surface area contributed by atoms with E-state index in [-0.39, 0.29) is 5.91 Å². The minimum atomic E-state index is -0.219. The molecule has 0 aliphatic carbocycles. The highest BCUT2D eigenvalue weighted by molar-refractivity contribution is 7.08. The molecule has 0 aliphatic rings. The lowest BCUT2D eigenvalue weighted by atomic mass is 10.2. The van der Waals surface area contributed by atoms with Gasteiger partial charge in [-0.25, -0.2) is 5.43 Å². The second-order valence-electron chi connectivity index (χ2n) is 5.25. The van der Waals surface area contributed by atoms with Gasteiger partial charge in [-0.2, -0.15) is 16.4 Å². The molecule has 3 aromatic rings. The number of rotatable bonds is 4. The van der Waals surface area contributed by atoms with E-state index in [9.17, 15) is 4.79 Å². The first-order valence-electron chi connectivity index (χ1n) is 7.26. The lowest BCUT2D eigenvalue weighted by Gasteiger charge is -2.09. The fourth-order valence-corrected chi connectivity index (χ4v) is 3.03. The third-order valence-corrected chi connectivity index (χ3v) is 4.28. The largest absolute Gasteiger partial charge is 0.319 e. The molecule has 0 radical (unpaired) electrons. The number of hydrogen-bond donors (Lipinski definition) is 1. The quantitative estimate of drug-likeness (QED) is 0.574. The Morgan fingerprint density at radius 3 is 2.39 bits per heavy atom. The monoisotopic (exact) mass is 323 g/mol. The molecule has 0 spiro atoms. The van der Waals surface area contributed by atoms with Crippen molar-refractivity contribution in [2.75, 3.05) is 0 Å². The predicted molar refractivity (Wildman–Crippen MR) is 94.6 cm³/mol. The van der Waals surface area contributed by atoms with Crippen LogP contribution in [0.1, 0.15) is 27.3 Å². The van der Waals surface area contributed by atoms with Crippen molar-refractivity contribution in [3.05, 3.63) is 75.7 Å². The minimum Gasteiger partial charge on any atom is -0.319 e. The molecule has 2 aromatic heterocycles. The molecule has 4 nitrogen and oxygen atoms in total. The van der Waals surface area contributed by atoms with E-state index in [0.29, 0.717) is 5.56 Å². The normalized spacial score (nSPS) is 11.0. The summed E-state index contributed by atoms with van der Waals surface area (Å²) < 4.78 is 2.15. The first kappa shape index (κ1) is 15.2. The van der Waals surface area contributed by atoms with Crippen LogP contribution < -0.4 is 5.43 Å². The van der Waals surface area contributed by atoms with Crippen molar-refractivity contribution in [1.29, 1.82) is 0 Å². The van der Waals surface area contributed by atoms with Crippen molar-refractivity contribution in [2.24, 2.45) is 5.10 Å². The van der Waals surface area contributed by atoms with E-state index >= 15 is 0 Å². The van der Waals surface area contributed by atoms with Gasteiger partial charge in [0.15, 0.2) is 0 Å². The summed E-state index contributed by atoms with van der Waals surface area (Å²) in [5, 5.41) is 7.90. The highest BCUT2D eigenvalue weighted by atomic mass is 32.1. The van der Waals surface area contributed by atoms with Crippen LogP contribution in [0.2, 0.25) is 0 Å². The Kier molecular flexibility index (Phi) is 4.39. The van der Waals surface area contributed by atoms with Crippen LogP contribution in [0.3, 0.4) is 0 Å². The molecule has 0 bridgehead atoms. The Bertz CT molecular complexity index is 810. The number of carbonyl (C=O) groups excluding carboxylic acids is 1. The van der Waals surface area contributed by atoms with Gasteiger partial charge >= 0.3 is 0 Å². The van der Waals surface area contributed by atoms with Gasteiger partial charge in [-0.3, -0.25) is 4.79 Å². The molecule has 5 heteroatoms. The average molecular weight is 323 g/mol. The second-order valence-corrected chi connectivity index (χ2v) is 6.03. The number of nitrogens with one attached hydrogen (secondary N) is 1. The molecule has 1 aromatic carbocycles. The molecule has 2 heterocycles. The number of hydrogen-bond acceptors (Lipinski definition) is 3. The summed E-state index contributed by atoms with van der Waals surface area (Å²) in [6, 6.07) is 13.6. The third-order valence-electron chi connectivity index (χ3n) is 3.58. The molecule has 0 saturated carbocycles. The number of carbonyl (C=O) groups is 1. The molecule has 0 fully saturated rings. The van der Waals surface area contributed by atoms with Gasteiger partial charge in [0.2, 0.25) is 0 Å². The van der Waals surface area contributed by atoms with E-state index in [1.54, 1.807) is 17.6 Å². The number of hydrazone groups is 1. The Morgan fingerprint density at radius 2 is 1.78 bits per heavy atom. The number of nitrogens with zero attached hydrogens (tertiary/aromatic N) is 2. The molecule has 23 heavy (non-hydrogen) atoms. The molecule has 0 saturated heterocycles. The van der Waals surface area contributed by atoms with Gasteiger partial charge in [0, 0.05) is 28.2 Å². The summed E-state index contributed by atoms with van der Waals surface area (Å²) in [7, 11) is 0. The maximum absolute atomic E-state index is 12.1. The molecular formula is C18H17N3OS. The van der Waals surface area contributed by atoms with Crippen molar-refractivity contribution in [3.8, 4) is 5.69 Å². The zero-order valence-electron chi connectivity index (χ0n) is 13.0. The summed E-state index contributed by atoms with van der Waals surface area (Å²) in [6.07, 6.45) is 1.63. The smallest absolute Gasteiger partial charge is 0.271 e. The van der Waals surface area contributed by atoms with E-state index in [1.165, 1.54) is 11.4 Å². The first-order valence-corrected chi connectivity index (χ1v) is 8.20. The van der Waals surface area contributed by atoms with Crippen LogP contribution in [0.5, 0.6) is 0 Å². The molecule has 0 unspecified atom stereocenters. The zero-order valence-corrected chi connectivity index (χ0v) is 13.8. The minimum absolute atomic E-state index is 0.219. The van der Waals surface area contributed by atoms with Crippen LogP contribution in [0.15, 0.2) is 58.3 Å². The molecule has 1 N–H and O–H groups in total. The molecule has 1 amide bonds. The van der Waals surface area contributed by atoms with Crippen molar-refractivity contribution in [3.63, 3.8) is 0 Å². The highest BCUT2D eigenvalue weighted by Crippen LogP contribution is 2.16. The molecular weight excluding hydrogens is 306 g/mol. The van der Waals surface area contributed by atoms with E-state index in [4.69, 9.17) is 0 Å². The summed E-state index contributed by atoms with van der Waals surface area (Å²) in [4.78, 5) is 12.1. The predicted octanol–water partition coefficient (Wildman–Crippen LogP) is 3.92. The van der Waals surface area contributed by atoms with Gasteiger partial charge in [0.05, 0.1) is 6.21 Å². The van der Waals surface area contributed by atoms with Crippen LogP contribution in [0, 0.1) is 13.8 Å². The fraction of sp³-hybridized carbons (Fsp3) is 0.111. The van der Waals surface area contributed by atoms with Crippen LogP contribution >= 0.6 is 11.3 Å². The van der Waals surface area contributed by atoms with Crippen molar-refractivity contribution in [2.45, 2.75) is 13.8 Å². The van der Waals surface area contributed by atoms with Gasteiger partial charge < -0.3 is 4.57 Å². The number of aromatic nitrogens is 1. The van der Waals surface area contributed by atoms with Crippen LogP contribution in [0.4, 0.5) is 0 Å². The van der Waals surface area contributed by atoms with Crippen molar-refractivity contribution in [1.82, 2.24) is 9.99 Å². The Balaban J connectivity index is 1.71. The summed E-state index contributed by atoms with van der Waals surface area (Å²) >= 11 is 1.59. The molecule has 116 valence electrons. The maximum Gasteiger partial charge on any atom is 0.271 e. The SMILES string of the molecule is Cc1ccc(C)n1-c1ccc(C(=O)N/N=C/c2ccsc2)cc1. The molecule has 0 aliphatic heterocycles. The number of amides is 1. The van der Waals surface area contributed by atoms with Gasteiger partial charge in [0.25, 0.3) is 5.91 Å². The number of aryl methyl sites for hydroxylation is 2.